The molecular weight excluding hydrogens is 444 g/mol. The van der Waals surface area contributed by atoms with E-state index >= 15 is 0 Å². The molecule has 0 radical (unpaired) electrons. The van der Waals surface area contributed by atoms with E-state index in [1.54, 1.807) is 16.2 Å². The van der Waals surface area contributed by atoms with Crippen LogP contribution in [0.4, 0.5) is 5.13 Å². The molecule has 0 spiro atoms. The number of amides is 1. The number of thiophene rings is 1. The predicted molar refractivity (Wildman–Crippen MR) is 133 cm³/mol. The SMILES string of the molecule is CCc1ccc2nc(N(Cc3ccccc3)C(=O)c3sc4ccccc4c3Cl)sc2c1. The van der Waals surface area contributed by atoms with Crippen molar-refractivity contribution >= 4 is 65.6 Å². The minimum atomic E-state index is -0.121. The van der Waals surface area contributed by atoms with Gasteiger partial charge in [0.05, 0.1) is 21.8 Å². The Labute approximate surface area is 193 Å². The summed E-state index contributed by atoms with van der Waals surface area (Å²) >= 11 is 9.63. The molecule has 1 amide bonds. The maximum Gasteiger partial charge on any atom is 0.272 e. The number of rotatable bonds is 5. The average Bonchev–Trinajstić information content (AvgIpc) is 3.38. The number of anilines is 1. The molecule has 31 heavy (non-hydrogen) atoms. The highest BCUT2D eigenvalue weighted by Crippen LogP contribution is 2.38. The Morgan fingerprint density at radius 3 is 2.48 bits per heavy atom. The summed E-state index contributed by atoms with van der Waals surface area (Å²) < 4.78 is 2.09. The van der Waals surface area contributed by atoms with Gasteiger partial charge in [-0.3, -0.25) is 9.69 Å². The third-order valence-electron chi connectivity index (χ3n) is 5.24. The molecule has 2 aromatic heterocycles. The molecule has 0 saturated heterocycles. The van der Waals surface area contributed by atoms with Crippen LogP contribution >= 0.6 is 34.3 Å². The van der Waals surface area contributed by atoms with Crippen LogP contribution < -0.4 is 4.90 Å². The lowest BCUT2D eigenvalue weighted by molar-refractivity contribution is 0.0989. The number of aryl methyl sites for hydroxylation is 1. The van der Waals surface area contributed by atoms with Crippen molar-refractivity contribution in [2.24, 2.45) is 0 Å². The molecule has 0 aliphatic heterocycles. The normalized spacial score (nSPS) is 11.3. The van der Waals surface area contributed by atoms with E-state index in [0.29, 0.717) is 21.6 Å². The van der Waals surface area contributed by atoms with E-state index in [0.717, 1.165) is 32.3 Å². The minimum absolute atomic E-state index is 0.121. The van der Waals surface area contributed by atoms with Gasteiger partial charge in [-0.05, 0) is 35.7 Å². The second kappa shape index (κ2) is 8.42. The number of hydrogen-bond acceptors (Lipinski definition) is 4. The maximum atomic E-state index is 13.8. The highest BCUT2D eigenvalue weighted by atomic mass is 35.5. The van der Waals surface area contributed by atoms with Gasteiger partial charge in [0.15, 0.2) is 5.13 Å². The molecule has 0 aliphatic carbocycles. The van der Waals surface area contributed by atoms with E-state index in [2.05, 4.69) is 19.1 Å². The van der Waals surface area contributed by atoms with Gasteiger partial charge in [-0.25, -0.2) is 4.98 Å². The average molecular weight is 463 g/mol. The molecule has 3 aromatic carbocycles. The Morgan fingerprint density at radius 2 is 1.71 bits per heavy atom. The first kappa shape index (κ1) is 20.2. The standard InChI is InChI=1S/C25H19ClN2OS2/c1-2-16-12-13-19-21(14-16)31-25(27-19)28(15-17-8-4-3-5-9-17)24(29)23-22(26)18-10-6-7-11-20(18)30-23/h3-14H,2,15H2,1H3. The molecule has 0 N–H and O–H groups in total. The lowest BCUT2D eigenvalue weighted by Crippen LogP contribution is -2.29. The van der Waals surface area contributed by atoms with Gasteiger partial charge in [0.2, 0.25) is 0 Å². The van der Waals surface area contributed by atoms with Crippen molar-refractivity contribution in [3.05, 3.63) is 93.8 Å². The molecule has 5 aromatic rings. The van der Waals surface area contributed by atoms with Gasteiger partial charge in [0.25, 0.3) is 5.91 Å². The van der Waals surface area contributed by atoms with Crippen molar-refractivity contribution in [3.8, 4) is 0 Å². The van der Waals surface area contributed by atoms with E-state index in [4.69, 9.17) is 16.6 Å². The summed E-state index contributed by atoms with van der Waals surface area (Å²) in [4.78, 5) is 20.9. The van der Waals surface area contributed by atoms with Crippen molar-refractivity contribution in [2.45, 2.75) is 19.9 Å². The van der Waals surface area contributed by atoms with Crippen LogP contribution in [-0.2, 0) is 13.0 Å². The Hall–Kier alpha value is -2.73. The zero-order valence-corrected chi connectivity index (χ0v) is 19.2. The molecule has 0 unspecified atom stereocenters. The van der Waals surface area contributed by atoms with Crippen molar-refractivity contribution in [1.82, 2.24) is 4.98 Å². The van der Waals surface area contributed by atoms with Gasteiger partial charge in [-0.2, -0.15) is 0 Å². The number of aromatic nitrogens is 1. The molecular formula is C25H19ClN2OS2. The first-order chi connectivity index (χ1) is 15.1. The zero-order chi connectivity index (χ0) is 21.4. The smallest absolute Gasteiger partial charge is 0.272 e. The third-order valence-corrected chi connectivity index (χ3v) is 7.94. The summed E-state index contributed by atoms with van der Waals surface area (Å²) in [7, 11) is 0. The molecule has 0 aliphatic rings. The fourth-order valence-corrected chi connectivity index (χ4v) is 6.05. The van der Waals surface area contributed by atoms with Gasteiger partial charge >= 0.3 is 0 Å². The van der Waals surface area contributed by atoms with Crippen LogP contribution in [-0.4, -0.2) is 10.9 Å². The molecule has 6 heteroatoms. The summed E-state index contributed by atoms with van der Waals surface area (Å²) in [5.74, 6) is -0.121. The van der Waals surface area contributed by atoms with Crippen LogP contribution in [0, 0.1) is 0 Å². The van der Waals surface area contributed by atoms with E-state index in [1.807, 2.05) is 60.7 Å². The number of nitrogens with zero attached hydrogens (tertiary/aromatic N) is 2. The monoisotopic (exact) mass is 462 g/mol. The van der Waals surface area contributed by atoms with Gasteiger partial charge in [-0.1, -0.05) is 84.5 Å². The third kappa shape index (κ3) is 3.85. The van der Waals surface area contributed by atoms with Crippen LogP contribution in [0.5, 0.6) is 0 Å². The molecule has 154 valence electrons. The molecule has 5 rings (SSSR count). The highest BCUT2D eigenvalue weighted by molar-refractivity contribution is 7.23. The maximum absolute atomic E-state index is 13.8. The van der Waals surface area contributed by atoms with Gasteiger partial charge in [0.1, 0.15) is 4.88 Å². The Kier molecular flexibility index (Phi) is 5.48. The first-order valence-corrected chi connectivity index (χ1v) is 12.1. The Bertz CT molecular complexity index is 1390. The second-order valence-electron chi connectivity index (χ2n) is 7.27. The second-order valence-corrected chi connectivity index (χ2v) is 9.71. The lowest BCUT2D eigenvalue weighted by atomic mass is 10.2. The first-order valence-electron chi connectivity index (χ1n) is 10.1. The van der Waals surface area contributed by atoms with Crippen molar-refractivity contribution < 1.29 is 4.79 Å². The zero-order valence-electron chi connectivity index (χ0n) is 16.8. The fourth-order valence-electron chi connectivity index (χ4n) is 3.56. The number of halogens is 1. The molecule has 0 saturated carbocycles. The Morgan fingerprint density at radius 1 is 0.935 bits per heavy atom. The van der Waals surface area contributed by atoms with Crippen molar-refractivity contribution in [3.63, 3.8) is 0 Å². The molecule has 0 atom stereocenters. The van der Waals surface area contributed by atoms with E-state index in [1.165, 1.54) is 16.9 Å². The summed E-state index contributed by atoms with van der Waals surface area (Å²) in [6.45, 7) is 2.57. The molecule has 2 heterocycles. The quantitative estimate of drug-likeness (QED) is 0.270. The van der Waals surface area contributed by atoms with Crippen molar-refractivity contribution in [1.29, 1.82) is 0 Å². The van der Waals surface area contributed by atoms with Crippen molar-refractivity contribution in [2.75, 3.05) is 4.90 Å². The molecule has 3 nitrogen and oxygen atoms in total. The highest BCUT2D eigenvalue weighted by Gasteiger charge is 2.26. The number of carbonyl (C=O) groups excluding carboxylic acids is 1. The van der Waals surface area contributed by atoms with Gasteiger partial charge in [0, 0.05) is 10.1 Å². The van der Waals surface area contributed by atoms with Crippen LogP contribution in [0.25, 0.3) is 20.3 Å². The van der Waals surface area contributed by atoms with Crippen LogP contribution in [0.3, 0.4) is 0 Å². The fraction of sp³-hybridized carbons (Fsp3) is 0.120. The summed E-state index contributed by atoms with van der Waals surface area (Å²) in [6.07, 6.45) is 0.966. The Balaban J connectivity index is 1.61. The van der Waals surface area contributed by atoms with Gasteiger partial charge < -0.3 is 0 Å². The number of fused-ring (bicyclic) bond motifs is 2. The number of benzene rings is 3. The topological polar surface area (TPSA) is 33.2 Å². The number of carbonyl (C=O) groups is 1. The number of hydrogen-bond donors (Lipinski definition) is 0. The van der Waals surface area contributed by atoms with Crippen LogP contribution in [0.1, 0.15) is 27.7 Å². The number of thiazole rings is 1. The largest absolute Gasteiger partial charge is 0.279 e. The molecule has 0 fully saturated rings. The van der Waals surface area contributed by atoms with E-state index < -0.39 is 0 Å². The molecule has 0 bridgehead atoms. The van der Waals surface area contributed by atoms with E-state index in [9.17, 15) is 4.79 Å². The summed E-state index contributed by atoms with van der Waals surface area (Å²) in [5.41, 5.74) is 3.21. The predicted octanol–water partition coefficient (Wildman–Crippen LogP) is 7.57. The lowest BCUT2D eigenvalue weighted by Gasteiger charge is -2.19. The van der Waals surface area contributed by atoms with E-state index in [-0.39, 0.29) is 5.91 Å². The summed E-state index contributed by atoms with van der Waals surface area (Å²) in [5, 5.41) is 2.11. The van der Waals surface area contributed by atoms with Crippen LogP contribution in [0.15, 0.2) is 72.8 Å². The minimum Gasteiger partial charge on any atom is -0.279 e. The van der Waals surface area contributed by atoms with Gasteiger partial charge in [-0.15, -0.1) is 11.3 Å². The van der Waals surface area contributed by atoms with Crippen LogP contribution in [0.2, 0.25) is 5.02 Å². The summed E-state index contributed by atoms with van der Waals surface area (Å²) in [6, 6.07) is 24.1.